The SMILES string of the molecule is C=CCCC(C)c1ccc(/C(C)=C/C)c(C)c1F. The number of benzene rings is 1. The zero-order valence-corrected chi connectivity index (χ0v) is 11.9. The molecule has 0 nitrogen and oxygen atoms in total. The molecule has 1 heteroatoms. The van der Waals surface area contributed by atoms with Gasteiger partial charge in [0.15, 0.2) is 0 Å². The molecule has 0 aliphatic carbocycles. The first-order chi connectivity index (χ1) is 8.52. The zero-order chi connectivity index (χ0) is 13.7. The van der Waals surface area contributed by atoms with Gasteiger partial charge >= 0.3 is 0 Å². The summed E-state index contributed by atoms with van der Waals surface area (Å²) in [6.07, 6.45) is 5.78. The van der Waals surface area contributed by atoms with Gasteiger partial charge in [-0.25, -0.2) is 4.39 Å². The van der Waals surface area contributed by atoms with Gasteiger partial charge in [-0.2, -0.15) is 0 Å². The Kier molecular flexibility index (Phi) is 5.33. The maximum atomic E-state index is 14.4. The van der Waals surface area contributed by atoms with E-state index >= 15 is 0 Å². The molecule has 0 N–H and O–H groups in total. The maximum absolute atomic E-state index is 14.4. The minimum absolute atomic E-state index is 0.0507. The van der Waals surface area contributed by atoms with E-state index in [1.807, 2.05) is 45.1 Å². The van der Waals surface area contributed by atoms with Crippen LogP contribution < -0.4 is 0 Å². The van der Waals surface area contributed by atoms with E-state index in [9.17, 15) is 4.39 Å². The van der Waals surface area contributed by atoms with Crippen LogP contribution in [0.25, 0.3) is 5.57 Å². The summed E-state index contributed by atoms with van der Waals surface area (Å²) in [6, 6.07) is 3.96. The van der Waals surface area contributed by atoms with Crippen LogP contribution in [0.3, 0.4) is 0 Å². The fourth-order valence-electron chi connectivity index (χ4n) is 2.19. The van der Waals surface area contributed by atoms with Crippen molar-refractivity contribution < 1.29 is 4.39 Å². The minimum atomic E-state index is -0.0507. The highest BCUT2D eigenvalue weighted by molar-refractivity contribution is 5.66. The monoisotopic (exact) mass is 246 g/mol. The van der Waals surface area contributed by atoms with Gasteiger partial charge in [0.05, 0.1) is 0 Å². The first kappa shape index (κ1) is 14.7. The molecule has 1 unspecified atom stereocenters. The van der Waals surface area contributed by atoms with Gasteiger partial charge in [-0.15, -0.1) is 6.58 Å². The molecule has 0 aliphatic heterocycles. The molecule has 18 heavy (non-hydrogen) atoms. The molecule has 0 bridgehead atoms. The molecule has 0 fully saturated rings. The van der Waals surface area contributed by atoms with Gasteiger partial charge in [0.25, 0.3) is 0 Å². The lowest BCUT2D eigenvalue weighted by atomic mass is 9.90. The Morgan fingerprint density at radius 1 is 1.44 bits per heavy atom. The summed E-state index contributed by atoms with van der Waals surface area (Å²) in [5, 5.41) is 0. The van der Waals surface area contributed by atoms with Crippen LogP contribution in [0, 0.1) is 12.7 Å². The molecule has 0 spiro atoms. The molecular formula is C17H23F. The van der Waals surface area contributed by atoms with Gasteiger partial charge in [-0.05, 0) is 61.8 Å². The summed E-state index contributed by atoms with van der Waals surface area (Å²) >= 11 is 0. The molecule has 0 heterocycles. The predicted octanol–water partition coefficient (Wildman–Crippen LogP) is 5.63. The van der Waals surface area contributed by atoms with E-state index in [0.29, 0.717) is 0 Å². The zero-order valence-electron chi connectivity index (χ0n) is 11.9. The average Bonchev–Trinajstić information content (AvgIpc) is 2.38. The minimum Gasteiger partial charge on any atom is -0.206 e. The molecule has 1 aromatic carbocycles. The van der Waals surface area contributed by atoms with Crippen LogP contribution in [0.4, 0.5) is 4.39 Å². The van der Waals surface area contributed by atoms with Crippen LogP contribution >= 0.6 is 0 Å². The van der Waals surface area contributed by atoms with Crippen LogP contribution in [0.5, 0.6) is 0 Å². The third-order valence-corrected chi connectivity index (χ3v) is 3.61. The predicted molar refractivity (Wildman–Crippen MR) is 78.3 cm³/mol. The largest absolute Gasteiger partial charge is 0.206 e. The second-order valence-electron chi connectivity index (χ2n) is 4.88. The Labute approximate surface area is 110 Å². The molecule has 0 saturated heterocycles. The van der Waals surface area contributed by atoms with Crippen molar-refractivity contribution >= 4 is 5.57 Å². The van der Waals surface area contributed by atoms with E-state index in [-0.39, 0.29) is 11.7 Å². The summed E-state index contributed by atoms with van der Waals surface area (Å²) in [5.41, 5.74) is 3.71. The van der Waals surface area contributed by atoms with E-state index in [1.54, 1.807) is 0 Å². The highest BCUT2D eigenvalue weighted by Gasteiger charge is 2.15. The second-order valence-corrected chi connectivity index (χ2v) is 4.88. The van der Waals surface area contributed by atoms with Crippen molar-refractivity contribution in [1.29, 1.82) is 0 Å². The molecule has 0 amide bonds. The number of rotatable bonds is 5. The van der Waals surface area contributed by atoms with Crippen LogP contribution in [0.15, 0.2) is 30.9 Å². The molecule has 1 atom stereocenters. The Balaban J connectivity index is 3.11. The number of allylic oxidation sites excluding steroid dienone is 3. The molecule has 1 rings (SSSR count). The number of hydrogen-bond donors (Lipinski definition) is 0. The molecule has 0 aliphatic rings. The Bertz CT molecular complexity index is 455. The normalized spacial score (nSPS) is 13.5. The standard InChI is InChI=1S/C17H23F/c1-6-8-9-13(4)16-11-10-15(12(3)7-2)14(5)17(16)18/h6-7,10-11,13H,1,8-9H2,2-5H3/b12-7+. The summed E-state index contributed by atoms with van der Waals surface area (Å²) < 4.78 is 14.4. The molecular weight excluding hydrogens is 223 g/mol. The quantitative estimate of drug-likeness (QED) is 0.591. The van der Waals surface area contributed by atoms with Gasteiger partial charge in [0.1, 0.15) is 5.82 Å². The van der Waals surface area contributed by atoms with E-state index in [1.165, 1.54) is 0 Å². The van der Waals surface area contributed by atoms with E-state index in [4.69, 9.17) is 0 Å². The smallest absolute Gasteiger partial charge is 0.130 e. The molecule has 1 aromatic rings. The Morgan fingerprint density at radius 3 is 2.67 bits per heavy atom. The fraction of sp³-hybridized carbons (Fsp3) is 0.412. The third kappa shape index (κ3) is 3.10. The molecule has 98 valence electrons. The third-order valence-electron chi connectivity index (χ3n) is 3.61. The Hall–Kier alpha value is -1.37. The van der Waals surface area contributed by atoms with Gasteiger partial charge in [0, 0.05) is 0 Å². The first-order valence-electron chi connectivity index (χ1n) is 6.56. The summed E-state index contributed by atoms with van der Waals surface area (Å²) in [7, 11) is 0. The number of halogens is 1. The van der Waals surface area contributed by atoms with Crippen LogP contribution in [-0.4, -0.2) is 0 Å². The van der Waals surface area contributed by atoms with Gasteiger partial charge in [-0.3, -0.25) is 0 Å². The van der Waals surface area contributed by atoms with E-state index < -0.39 is 0 Å². The summed E-state index contributed by atoms with van der Waals surface area (Å²) in [4.78, 5) is 0. The lowest BCUT2D eigenvalue weighted by molar-refractivity contribution is 0.569. The molecule has 0 radical (unpaired) electrons. The second kappa shape index (κ2) is 6.53. The van der Waals surface area contributed by atoms with Crippen molar-refractivity contribution in [2.45, 2.75) is 46.5 Å². The highest BCUT2D eigenvalue weighted by atomic mass is 19.1. The van der Waals surface area contributed by atoms with Gasteiger partial charge in [-0.1, -0.05) is 31.2 Å². The van der Waals surface area contributed by atoms with Crippen molar-refractivity contribution in [3.8, 4) is 0 Å². The lowest BCUT2D eigenvalue weighted by Crippen LogP contribution is -2.01. The van der Waals surface area contributed by atoms with Crippen molar-refractivity contribution in [1.82, 2.24) is 0 Å². The Morgan fingerprint density at radius 2 is 2.11 bits per heavy atom. The van der Waals surface area contributed by atoms with Crippen molar-refractivity contribution in [3.05, 3.63) is 53.4 Å². The van der Waals surface area contributed by atoms with Gasteiger partial charge in [0.2, 0.25) is 0 Å². The van der Waals surface area contributed by atoms with E-state index in [0.717, 1.165) is 35.1 Å². The van der Waals surface area contributed by atoms with Crippen molar-refractivity contribution in [3.63, 3.8) is 0 Å². The van der Waals surface area contributed by atoms with Crippen LogP contribution in [-0.2, 0) is 0 Å². The molecule has 0 aromatic heterocycles. The van der Waals surface area contributed by atoms with Crippen molar-refractivity contribution in [2.24, 2.45) is 0 Å². The van der Waals surface area contributed by atoms with Crippen LogP contribution in [0.1, 0.15) is 56.2 Å². The average molecular weight is 246 g/mol. The van der Waals surface area contributed by atoms with Crippen molar-refractivity contribution in [2.75, 3.05) is 0 Å². The maximum Gasteiger partial charge on any atom is 0.130 e. The van der Waals surface area contributed by atoms with E-state index in [2.05, 4.69) is 13.5 Å². The first-order valence-corrected chi connectivity index (χ1v) is 6.56. The lowest BCUT2D eigenvalue weighted by Gasteiger charge is -2.16. The summed E-state index contributed by atoms with van der Waals surface area (Å²) in [6.45, 7) is 11.6. The highest BCUT2D eigenvalue weighted by Crippen LogP contribution is 2.29. The van der Waals surface area contributed by atoms with Crippen LogP contribution in [0.2, 0.25) is 0 Å². The topological polar surface area (TPSA) is 0 Å². The van der Waals surface area contributed by atoms with Gasteiger partial charge < -0.3 is 0 Å². The fourth-order valence-corrected chi connectivity index (χ4v) is 2.19. The number of hydrogen-bond acceptors (Lipinski definition) is 0. The molecule has 0 saturated carbocycles. The summed E-state index contributed by atoms with van der Waals surface area (Å²) in [5.74, 6) is 0.187.